The second-order valence-corrected chi connectivity index (χ2v) is 6.08. The molecular formula is C17H21N3O5. The minimum absolute atomic E-state index is 0.0672. The maximum absolute atomic E-state index is 12.7. The second kappa shape index (κ2) is 7.50. The first kappa shape index (κ1) is 17.2. The van der Waals surface area contributed by atoms with Crippen LogP contribution in [0.4, 0.5) is 0 Å². The van der Waals surface area contributed by atoms with E-state index in [1.807, 2.05) is 0 Å². The van der Waals surface area contributed by atoms with Crippen molar-refractivity contribution >= 4 is 5.91 Å². The van der Waals surface area contributed by atoms with Gasteiger partial charge >= 0.3 is 0 Å². The second-order valence-electron chi connectivity index (χ2n) is 6.08. The van der Waals surface area contributed by atoms with Crippen molar-refractivity contribution in [3.8, 4) is 5.75 Å². The van der Waals surface area contributed by atoms with Crippen LogP contribution in [-0.2, 0) is 4.79 Å². The number of aryl methyl sites for hydroxylation is 2. The van der Waals surface area contributed by atoms with E-state index in [0.29, 0.717) is 24.0 Å². The maximum atomic E-state index is 12.7. The smallest absolute Gasteiger partial charge is 0.261 e. The number of carbonyl (C=O) groups excluding carboxylic acids is 1. The molecule has 2 aromatic rings. The fraction of sp³-hybridized carbons (Fsp3) is 0.529. The molecule has 0 aliphatic carbocycles. The SMILES string of the molecule is Cc1nc(C2CCCCCN2C(=O)COc2c(C)occc2=O)no1. The molecule has 1 fully saturated rings. The Morgan fingerprint density at radius 3 is 2.92 bits per heavy atom. The molecule has 2 aromatic heterocycles. The predicted octanol–water partition coefficient (Wildman–Crippen LogP) is 2.16. The van der Waals surface area contributed by atoms with Gasteiger partial charge in [-0.25, -0.2) is 0 Å². The zero-order valence-corrected chi connectivity index (χ0v) is 14.4. The van der Waals surface area contributed by atoms with Gasteiger partial charge in [-0.3, -0.25) is 9.59 Å². The van der Waals surface area contributed by atoms with Gasteiger partial charge in [-0.1, -0.05) is 18.0 Å². The van der Waals surface area contributed by atoms with Gasteiger partial charge in [0.2, 0.25) is 17.1 Å². The van der Waals surface area contributed by atoms with Gasteiger partial charge in [0.05, 0.1) is 12.3 Å². The number of ether oxygens (including phenoxy) is 1. The van der Waals surface area contributed by atoms with Crippen LogP contribution in [-0.4, -0.2) is 34.1 Å². The molecular weight excluding hydrogens is 326 g/mol. The molecule has 8 nitrogen and oxygen atoms in total. The Balaban J connectivity index is 1.75. The van der Waals surface area contributed by atoms with Crippen molar-refractivity contribution in [2.75, 3.05) is 13.2 Å². The third-order valence-corrected chi connectivity index (χ3v) is 4.26. The standard InChI is InChI=1S/C17H21N3O5/c1-11-16(14(21)7-9-23-11)24-10-15(22)20-8-5-3-4-6-13(20)17-18-12(2)25-19-17/h7,9,13H,3-6,8,10H2,1-2H3. The topological polar surface area (TPSA) is 98.7 Å². The summed E-state index contributed by atoms with van der Waals surface area (Å²) in [5, 5.41) is 3.97. The number of nitrogens with zero attached hydrogens (tertiary/aromatic N) is 3. The molecule has 0 spiro atoms. The van der Waals surface area contributed by atoms with Crippen molar-refractivity contribution in [1.82, 2.24) is 15.0 Å². The van der Waals surface area contributed by atoms with Crippen molar-refractivity contribution in [1.29, 1.82) is 0 Å². The molecule has 3 heterocycles. The summed E-state index contributed by atoms with van der Waals surface area (Å²) in [5.41, 5.74) is -0.308. The molecule has 1 aliphatic heterocycles. The van der Waals surface area contributed by atoms with E-state index >= 15 is 0 Å². The van der Waals surface area contributed by atoms with E-state index in [2.05, 4.69) is 10.1 Å². The molecule has 0 aromatic carbocycles. The molecule has 0 N–H and O–H groups in total. The lowest BCUT2D eigenvalue weighted by Crippen LogP contribution is -2.38. The summed E-state index contributed by atoms with van der Waals surface area (Å²) in [6.07, 6.45) is 5.02. The largest absolute Gasteiger partial charge is 0.476 e. The van der Waals surface area contributed by atoms with Gasteiger partial charge < -0.3 is 18.6 Å². The molecule has 1 saturated heterocycles. The van der Waals surface area contributed by atoms with Crippen molar-refractivity contribution in [3.05, 3.63) is 40.0 Å². The lowest BCUT2D eigenvalue weighted by Gasteiger charge is -2.27. The van der Waals surface area contributed by atoms with Crippen LogP contribution in [0, 0.1) is 13.8 Å². The first-order chi connectivity index (χ1) is 12.1. The molecule has 1 atom stereocenters. The van der Waals surface area contributed by atoms with Gasteiger partial charge in [-0.15, -0.1) is 0 Å². The average Bonchev–Trinajstić information content (AvgIpc) is 2.87. The van der Waals surface area contributed by atoms with Gasteiger partial charge in [0, 0.05) is 19.5 Å². The lowest BCUT2D eigenvalue weighted by molar-refractivity contribution is -0.136. The number of amides is 1. The highest BCUT2D eigenvalue weighted by Gasteiger charge is 2.30. The Bertz CT molecular complexity index is 798. The number of hydrogen-bond donors (Lipinski definition) is 0. The highest BCUT2D eigenvalue weighted by Crippen LogP contribution is 2.28. The van der Waals surface area contributed by atoms with Crippen LogP contribution in [0.1, 0.15) is 49.2 Å². The monoisotopic (exact) mass is 347 g/mol. The summed E-state index contributed by atoms with van der Waals surface area (Å²) in [5.74, 6) is 1.19. The molecule has 1 unspecified atom stereocenters. The molecule has 25 heavy (non-hydrogen) atoms. The quantitative estimate of drug-likeness (QED) is 0.835. The van der Waals surface area contributed by atoms with Gasteiger partial charge in [-0.05, 0) is 19.8 Å². The number of likely N-dealkylation sites (tertiary alicyclic amines) is 1. The minimum Gasteiger partial charge on any atom is -0.476 e. The normalized spacial score (nSPS) is 18.0. The zero-order valence-electron chi connectivity index (χ0n) is 14.4. The molecule has 134 valence electrons. The number of carbonyl (C=O) groups is 1. The van der Waals surface area contributed by atoms with Crippen molar-refractivity contribution in [3.63, 3.8) is 0 Å². The Morgan fingerprint density at radius 2 is 2.20 bits per heavy atom. The molecule has 0 bridgehead atoms. The van der Waals surface area contributed by atoms with Crippen LogP contribution in [0.5, 0.6) is 5.75 Å². The lowest BCUT2D eigenvalue weighted by atomic mass is 10.1. The van der Waals surface area contributed by atoms with E-state index in [1.54, 1.807) is 18.7 Å². The maximum Gasteiger partial charge on any atom is 0.261 e. The van der Waals surface area contributed by atoms with Gasteiger partial charge in [0.25, 0.3) is 5.91 Å². The summed E-state index contributed by atoms with van der Waals surface area (Å²) < 4.78 is 15.7. The van der Waals surface area contributed by atoms with Gasteiger partial charge in [0.15, 0.2) is 12.4 Å². The fourth-order valence-electron chi connectivity index (χ4n) is 3.02. The van der Waals surface area contributed by atoms with Crippen LogP contribution in [0.3, 0.4) is 0 Å². The number of hydrogen-bond acceptors (Lipinski definition) is 7. The van der Waals surface area contributed by atoms with E-state index in [9.17, 15) is 9.59 Å². The summed E-state index contributed by atoms with van der Waals surface area (Å²) in [6.45, 7) is 3.71. The Kier molecular flexibility index (Phi) is 5.16. The third-order valence-electron chi connectivity index (χ3n) is 4.26. The van der Waals surface area contributed by atoms with E-state index in [4.69, 9.17) is 13.7 Å². The molecule has 3 rings (SSSR count). The van der Waals surface area contributed by atoms with E-state index in [-0.39, 0.29) is 29.7 Å². The van der Waals surface area contributed by atoms with Crippen LogP contribution in [0.15, 0.2) is 26.1 Å². The van der Waals surface area contributed by atoms with E-state index in [0.717, 1.165) is 25.7 Å². The first-order valence-corrected chi connectivity index (χ1v) is 8.37. The average molecular weight is 347 g/mol. The van der Waals surface area contributed by atoms with Crippen molar-refractivity contribution in [2.24, 2.45) is 0 Å². The molecule has 8 heteroatoms. The molecule has 0 radical (unpaired) electrons. The number of aromatic nitrogens is 2. The summed E-state index contributed by atoms with van der Waals surface area (Å²) in [7, 11) is 0. The third kappa shape index (κ3) is 3.89. The zero-order chi connectivity index (χ0) is 17.8. The number of rotatable bonds is 4. The van der Waals surface area contributed by atoms with Crippen LogP contribution < -0.4 is 10.2 Å². The van der Waals surface area contributed by atoms with E-state index < -0.39 is 0 Å². The molecule has 1 aliphatic rings. The van der Waals surface area contributed by atoms with Gasteiger partial charge in [0.1, 0.15) is 5.76 Å². The predicted molar refractivity (Wildman–Crippen MR) is 87.2 cm³/mol. The Hall–Kier alpha value is -2.64. The summed E-state index contributed by atoms with van der Waals surface area (Å²) >= 11 is 0. The summed E-state index contributed by atoms with van der Waals surface area (Å²) in [6, 6.07) is 1.04. The molecule has 1 amide bonds. The van der Waals surface area contributed by atoms with Gasteiger partial charge in [-0.2, -0.15) is 4.98 Å². The van der Waals surface area contributed by atoms with E-state index in [1.165, 1.54) is 12.3 Å². The Morgan fingerprint density at radius 1 is 1.36 bits per heavy atom. The minimum atomic E-state index is -0.308. The van der Waals surface area contributed by atoms with Crippen molar-refractivity contribution < 1.29 is 18.5 Å². The van der Waals surface area contributed by atoms with Crippen LogP contribution in [0.2, 0.25) is 0 Å². The Labute approximate surface area is 144 Å². The fourth-order valence-corrected chi connectivity index (χ4v) is 3.02. The van der Waals surface area contributed by atoms with Crippen molar-refractivity contribution in [2.45, 2.75) is 45.6 Å². The van der Waals surface area contributed by atoms with Crippen LogP contribution >= 0.6 is 0 Å². The highest BCUT2D eigenvalue weighted by molar-refractivity contribution is 5.78. The molecule has 0 saturated carbocycles. The van der Waals surface area contributed by atoms with Crippen LogP contribution in [0.25, 0.3) is 0 Å². The first-order valence-electron chi connectivity index (χ1n) is 8.37. The highest BCUT2D eigenvalue weighted by atomic mass is 16.5. The summed E-state index contributed by atoms with van der Waals surface area (Å²) in [4.78, 5) is 30.5.